The highest BCUT2D eigenvalue weighted by Gasteiger charge is 2.08. The molecule has 24 heavy (non-hydrogen) atoms. The topological polar surface area (TPSA) is 75.6 Å². The van der Waals surface area contributed by atoms with Gasteiger partial charge in [-0.2, -0.15) is 0 Å². The molecular formula is C19H21NO4. The van der Waals surface area contributed by atoms with Gasteiger partial charge >= 0.3 is 5.97 Å². The first-order valence-electron chi connectivity index (χ1n) is 7.75. The van der Waals surface area contributed by atoms with E-state index in [1.807, 2.05) is 44.2 Å². The quantitative estimate of drug-likeness (QED) is 0.818. The van der Waals surface area contributed by atoms with Crippen LogP contribution in [-0.2, 0) is 16.0 Å². The molecule has 0 aliphatic carbocycles. The van der Waals surface area contributed by atoms with E-state index in [1.165, 1.54) is 0 Å². The van der Waals surface area contributed by atoms with Crippen LogP contribution in [0.1, 0.15) is 23.1 Å². The molecule has 0 radical (unpaired) electrons. The van der Waals surface area contributed by atoms with Crippen LogP contribution in [0, 0.1) is 13.8 Å². The number of aliphatic carboxylic acids is 1. The van der Waals surface area contributed by atoms with Crippen molar-refractivity contribution in [3.63, 3.8) is 0 Å². The zero-order valence-corrected chi connectivity index (χ0v) is 13.8. The number of carbonyl (C=O) groups excluding carboxylic acids is 1. The summed E-state index contributed by atoms with van der Waals surface area (Å²) in [7, 11) is 0. The lowest BCUT2D eigenvalue weighted by atomic mass is 10.1. The van der Waals surface area contributed by atoms with Crippen molar-refractivity contribution in [2.24, 2.45) is 0 Å². The van der Waals surface area contributed by atoms with E-state index < -0.39 is 5.97 Å². The van der Waals surface area contributed by atoms with Crippen LogP contribution in [0.25, 0.3) is 0 Å². The van der Waals surface area contributed by atoms with E-state index in [0.29, 0.717) is 12.1 Å². The molecule has 0 spiro atoms. The van der Waals surface area contributed by atoms with Crippen LogP contribution in [0.3, 0.4) is 0 Å². The van der Waals surface area contributed by atoms with Crippen molar-refractivity contribution < 1.29 is 19.4 Å². The molecule has 5 heteroatoms. The van der Waals surface area contributed by atoms with Gasteiger partial charge in [-0.25, -0.2) is 0 Å². The van der Waals surface area contributed by atoms with Gasteiger partial charge < -0.3 is 15.2 Å². The number of aryl methyl sites for hydroxylation is 3. The van der Waals surface area contributed by atoms with E-state index >= 15 is 0 Å². The van der Waals surface area contributed by atoms with Crippen LogP contribution < -0.4 is 10.1 Å². The minimum Gasteiger partial charge on any atom is -0.483 e. The van der Waals surface area contributed by atoms with Crippen molar-refractivity contribution in [1.29, 1.82) is 0 Å². The lowest BCUT2D eigenvalue weighted by Gasteiger charge is -2.12. The van der Waals surface area contributed by atoms with Gasteiger partial charge in [0.05, 0.1) is 0 Å². The molecule has 2 aromatic rings. The Kier molecular flexibility index (Phi) is 5.95. The van der Waals surface area contributed by atoms with Crippen molar-refractivity contribution in [3.8, 4) is 5.75 Å². The van der Waals surface area contributed by atoms with Crippen LogP contribution in [0.2, 0.25) is 0 Å². The highest BCUT2D eigenvalue weighted by atomic mass is 16.5. The molecule has 0 aromatic heterocycles. The summed E-state index contributed by atoms with van der Waals surface area (Å²) < 4.78 is 5.61. The molecule has 0 atom stereocenters. The predicted molar refractivity (Wildman–Crippen MR) is 92.4 cm³/mol. The molecule has 0 saturated carbocycles. The van der Waals surface area contributed by atoms with Crippen LogP contribution in [0.4, 0.5) is 5.69 Å². The second kappa shape index (κ2) is 8.15. The van der Waals surface area contributed by atoms with Crippen molar-refractivity contribution in [1.82, 2.24) is 0 Å². The molecule has 0 bridgehead atoms. The minimum atomic E-state index is -0.823. The van der Waals surface area contributed by atoms with Gasteiger partial charge in [0.15, 0.2) is 6.61 Å². The highest BCUT2D eigenvalue weighted by Crippen LogP contribution is 2.22. The molecule has 5 nitrogen and oxygen atoms in total. The zero-order valence-electron chi connectivity index (χ0n) is 13.8. The standard InChI is InChI=1S/C19H21NO4/c1-13-4-3-5-14(2)19(13)24-12-17(21)20-16-9-6-15(7-10-16)8-11-18(22)23/h3-7,9-10H,8,11-12H2,1-2H3,(H,20,21)(H,22,23). The summed E-state index contributed by atoms with van der Waals surface area (Å²) >= 11 is 0. The van der Waals surface area contributed by atoms with Gasteiger partial charge in [0, 0.05) is 12.1 Å². The number of carbonyl (C=O) groups is 2. The number of hydrogen-bond donors (Lipinski definition) is 2. The molecule has 2 rings (SSSR count). The molecular weight excluding hydrogens is 306 g/mol. The summed E-state index contributed by atoms with van der Waals surface area (Å²) in [5.74, 6) is -0.330. The molecule has 2 N–H and O–H groups in total. The van der Waals surface area contributed by atoms with E-state index in [0.717, 1.165) is 22.4 Å². The average molecular weight is 327 g/mol. The number of anilines is 1. The van der Waals surface area contributed by atoms with Gasteiger partial charge in [0.25, 0.3) is 5.91 Å². The second-order valence-corrected chi connectivity index (χ2v) is 5.65. The molecule has 2 aromatic carbocycles. The first kappa shape index (κ1) is 17.5. The predicted octanol–water partition coefficient (Wildman–Crippen LogP) is 3.34. The number of nitrogens with one attached hydrogen (secondary N) is 1. The summed E-state index contributed by atoms with van der Waals surface area (Å²) in [6.07, 6.45) is 0.564. The van der Waals surface area contributed by atoms with E-state index in [9.17, 15) is 9.59 Å². The first-order chi connectivity index (χ1) is 11.5. The molecule has 0 aliphatic rings. The van der Waals surface area contributed by atoms with Gasteiger partial charge in [-0.3, -0.25) is 9.59 Å². The van der Waals surface area contributed by atoms with Crippen molar-refractivity contribution in [2.75, 3.05) is 11.9 Å². The average Bonchev–Trinajstić information content (AvgIpc) is 2.53. The Labute approximate surface area is 141 Å². The monoisotopic (exact) mass is 327 g/mol. The third-order valence-electron chi connectivity index (χ3n) is 3.62. The maximum Gasteiger partial charge on any atom is 0.303 e. The minimum absolute atomic E-state index is 0.0630. The third-order valence-corrected chi connectivity index (χ3v) is 3.62. The fourth-order valence-corrected chi connectivity index (χ4v) is 2.37. The molecule has 0 aliphatic heterocycles. The van der Waals surface area contributed by atoms with E-state index in [1.54, 1.807) is 12.1 Å². The second-order valence-electron chi connectivity index (χ2n) is 5.65. The summed E-state index contributed by atoms with van der Waals surface area (Å²) in [6, 6.07) is 13.0. The fourth-order valence-electron chi connectivity index (χ4n) is 2.37. The Hall–Kier alpha value is -2.82. The Morgan fingerprint density at radius 2 is 1.67 bits per heavy atom. The maximum absolute atomic E-state index is 12.0. The van der Waals surface area contributed by atoms with E-state index in [2.05, 4.69) is 5.32 Å². The van der Waals surface area contributed by atoms with Gasteiger partial charge in [0.2, 0.25) is 0 Å². The number of rotatable bonds is 7. The Morgan fingerprint density at radius 1 is 1.04 bits per heavy atom. The zero-order chi connectivity index (χ0) is 17.5. The highest BCUT2D eigenvalue weighted by molar-refractivity contribution is 5.91. The van der Waals surface area contributed by atoms with Gasteiger partial charge in [-0.15, -0.1) is 0 Å². The maximum atomic E-state index is 12.0. The van der Waals surface area contributed by atoms with Crippen LogP contribution in [0.5, 0.6) is 5.75 Å². The summed E-state index contributed by atoms with van der Waals surface area (Å²) in [6.45, 7) is 3.82. The third kappa shape index (κ3) is 5.12. The van der Waals surface area contributed by atoms with Crippen LogP contribution in [-0.4, -0.2) is 23.6 Å². The molecule has 0 heterocycles. The van der Waals surface area contributed by atoms with Crippen LogP contribution >= 0.6 is 0 Å². The van der Waals surface area contributed by atoms with Crippen molar-refractivity contribution in [3.05, 3.63) is 59.2 Å². The van der Waals surface area contributed by atoms with E-state index in [4.69, 9.17) is 9.84 Å². The Balaban J connectivity index is 1.87. The number of carboxylic acid groups (broad SMARTS) is 1. The molecule has 0 fully saturated rings. The summed E-state index contributed by atoms with van der Waals surface area (Å²) in [5, 5.41) is 11.4. The Morgan fingerprint density at radius 3 is 2.25 bits per heavy atom. The lowest BCUT2D eigenvalue weighted by molar-refractivity contribution is -0.137. The number of amides is 1. The van der Waals surface area contributed by atoms with Gasteiger partial charge in [-0.05, 0) is 49.1 Å². The Bertz CT molecular complexity index is 702. The van der Waals surface area contributed by atoms with Gasteiger partial charge in [0.1, 0.15) is 5.75 Å². The SMILES string of the molecule is Cc1cccc(C)c1OCC(=O)Nc1ccc(CCC(=O)O)cc1. The van der Waals surface area contributed by atoms with Crippen molar-refractivity contribution >= 4 is 17.6 Å². The normalized spacial score (nSPS) is 10.2. The summed E-state index contributed by atoms with van der Waals surface area (Å²) in [5.41, 5.74) is 3.56. The van der Waals surface area contributed by atoms with Gasteiger partial charge in [-0.1, -0.05) is 30.3 Å². The number of carboxylic acids is 1. The molecule has 1 amide bonds. The first-order valence-corrected chi connectivity index (χ1v) is 7.75. The fraction of sp³-hybridized carbons (Fsp3) is 0.263. The molecule has 0 saturated heterocycles. The summed E-state index contributed by atoms with van der Waals surface area (Å²) in [4.78, 5) is 22.5. The van der Waals surface area contributed by atoms with Crippen LogP contribution in [0.15, 0.2) is 42.5 Å². The number of ether oxygens (including phenoxy) is 1. The van der Waals surface area contributed by atoms with Crippen molar-refractivity contribution in [2.45, 2.75) is 26.7 Å². The smallest absolute Gasteiger partial charge is 0.303 e. The lowest BCUT2D eigenvalue weighted by Crippen LogP contribution is -2.20. The largest absolute Gasteiger partial charge is 0.483 e. The number of benzene rings is 2. The number of para-hydroxylation sites is 1. The molecule has 0 unspecified atom stereocenters. The van der Waals surface area contributed by atoms with E-state index in [-0.39, 0.29) is 18.9 Å². The number of hydrogen-bond acceptors (Lipinski definition) is 3. The molecule has 126 valence electrons.